The van der Waals surface area contributed by atoms with Gasteiger partial charge < -0.3 is 0 Å². The van der Waals surface area contributed by atoms with Gasteiger partial charge in [-0.15, -0.1) is 11.3 Å². The summed E-state index contributed by atoms with van der Waals surface area (Å²) in [6, 6.07) is 7.93. The number of sulfonamides is 1. The van der Waals surface area contributed by atoms with Crippen LogP contribution in [0.15, 0.2) is 38.3 Å². The monoisotopic (exact) mass is 385 g/mol. The smallest absolute Gasteiger partial charge is 0.271 e. The molecule has 0 aliphatic rings. The van der Waals surface area contributed by atoms with Gasteiger partial charge in [-0.05, 0) is 40.2 Å². The molecular weight excluding hydrogens is 381 g/mol. The zero-order valence-corrected chi connectivity index (χ0v) is 13.4. The summed E-state index contributed by atoms with van der Waals surface area (Å²) in [5.41, 5.74) is 0.258. The first-order valence-electron chi connectivity index (χ1n) is 4.62. The summed E-state index contributed by atoms with van der Waals surface area (Å²) in [5, 5.41) is 0.475. The third kappa shape index (κ3) is 3.00. The van der Waals surface area contributed by atoms with Gasteiger partial charge in [-0.1, -0.05) is 29.3 Å². The van der Waals surface area contributed by atoms with Crippen molar-refractivity contribution >= 4 is 66.2 Å². The summed E-state index contributed by atoms with van der Waals surface area (Å²) in [5.74, 6) is 0. The zero-order chi connectivity index (χ0) is 13.3. The number of halogens is 3. The maximum atomic E-state index is 12.1. The van der Waals surface area contributed by atoms with E-state index in [4.69, 9.17) is 23.2 Å². The number of nitrogens with one attached hydrogen (secondary N) is 1. The molecular formula is C10H6BrCl2NO2S2. The van der Waals surface area contributed by atoms with Gasteiger partial charge in [-0.25, -0.2) is 8.42 Å². The van der Waals surface area contributed by atoms with Crippen molar-refractivity contribution in [1.82, 2.24) is 0 Å². The first kappa shape index (κ1) is 14.1. The summed E-state index contributed by atoms with van der Waals surface area (Å²) in [7, 11) is -3.64. The van der Waals surface area contributed by atoms with Gasteiger partial charge >= 0.3 is 0 Å². The van der Waals surface area contributed by atoms with Crippen molar-refractivity contribution in [3.8, 4) is 0 Å². The van der Waals surface area contributed by atoms with Crippen LogP contribution in [-0.4, -0.2) is 8.42 Å². The molecule has 0 radical (unpaired) electrons. The highest BCUT2D eigenvalue weighted by Crippen LogP contribution is 2.33. The number of hydrogen-bond donors (Lipinski definition) is 1. The Hall–Kier alpha value is -0.270. The van der Waals surface area contributed by atoms with E-state index in [1.807, 2.05) is 0 Å². The van der Waals surface area contributed by atoms with E-state index in [-0.39, 0.29) is 14.9 Å². The molecule has 2 aromatic rings. The lowest BCUT2D eigenvalue weighted by atomic mass is 10.3. The molecule has 1 N–H and O–H groups in total. The average molecular weight is 387 g/mol. The van der Waals surface area contributed by atoms with Gasteiger partial charge in [0.15, 0.2) is 0 Å². The van der Waals surface area contributed by atoms with Crippen LogP contribution in [0.25, 0.3) is 0 Å². The predicted molar refractivity (Wildman–Crippen MR) is 79.3 cm³/mol. The molecule has 18 heavy (non-hydrogen) atoms. The van der Waals surface area contributed by atoms with Crippen LogP contribution in [0.3, 0.4) is 0 Å². The summed E-state index contributed by atoms with van der Waals surface area (Å²) >= 11 is 16.1. The summed E-state index contributed by atoms with van der Waals surface area (Å²) in [6.45, 7) is 0. The minimum absolute atomic E-state index is 0.179. The van der Waals surface area contributed by atoms with Crippen LogP contribution < -0.4 is 4.72 Å². The molecule has 0 aliphatic heterocycles. The Bertz CT molecular complexity index is 685. The first-order valence-corrected chi connectivity index (χ1v) is 8.47. The maximum Gasteiger partial charge on any atom is 0.271 e. The first-order chi connectivity index (χ1) is 8.40. The standard InChI is InChI=1S/C10H6BrCl2NO2S2/c11-8-4-5-9(17-8)18(15,16)14-7-3-1-2-6(12)10(7)13/h1-5,14H. The Labute approximate surface area is 127 Å². The van der Waals surface area contributed by atoms with Crippen molar-refractivity contribution in [1.29, 1.82) is 0 Å². The highest BCUT2D eigenvalue weighted by Gasteiger charge is 2.18. The second-order valence-corrected chi connectivity index (χ2v) is 8.42. The van der Waals surface area contributed by atoms with Gasteiger partial charge in [0.2, 0.25) is 0 Å². The molecule has 0 fully saturated rings. The fourth-order valence-electron chi connectivity index (χ4n) is 1.22. The van der Waals surface area contributed by atoms with Crippen molar-refractivity contribution in [2.24, 2.45) is 0 Å². The van der Waals surface area contributed by atoms with E-state index in [0.29, 0.717) is 5.02 Å². The van der Waals surface area contributed by atoms with Crippen LogP contribution in [0.1, 0.15) is 0 Å². The third-order valence-electron chi connectivity index (χ3n) is 2.01. The Kier molecular flexibility index (Phi) is 4.23. The molecule has 3 nitrogen and oxygen atoms in total. The normalized spacial score (nSPS) is 11.5. The van der Waals surface area contributed by atoms with Gasteiger partial charge in [0.05, 0.1) is 19.5 Å². The second-order valence-electron chi connectivity index (χ2n) is 3.27. The highest BCUT2D eigenvalue weighted by atomic mass is 79.9. The molecule has 0 bridgehead atoms. The topological polar surface area (TPSA) is 46.2 Å². The van der Waals surface area contributed by atoms with Gasteiger partial charge in [0.25, 0.3) is 10.0 Å². The fraction of sp³-hybridized carbons (Fsp3) is 0. The van der Waals surface area contributed by atoms with Gasteiger partial charge in [0, 0.05) is 0 Å². The van der Waals surface area contributed by atoms with E-state index in [2.05, 4.69) is 20.7 Å². The van der Waals surface area contributed by atoms with Crippen LogP contribution in [0.4, 0.5) is 5.69 Å². The quantitative estimate of drug-likeness (QED) is 0.836. The van der Waals surface area contributed by atoms with Crippen molar-refractivity contribution in [3.63, 3.8) is 0 Å². The lowest BCUT2D eigenvalue weighted by molar-refractivity contribution is 0.603. The number of hydrogen-bond acceptors (Lipinski definition) is 3. The molecule has 2 rings (SSSR count). The van der Waals surface area contributed by atoms with E-state index in [1.165, 1.54) is 6.07 Å². The van der Waals surface area contributed by atoms with Crippen molar-refractivity contribution < 1.29 is 8.42 Å². The molecule has 1 heterocycles. The van der Waals surface area contributed by atoms with Crippen LogP contribution in [0.5, 0.6) is 0 Å². The van der Waals surface area contributed by atoms with Gasteiger partial charge in [-0.3, -0.25) is 4.72 Å². The largest absolute Gasteiger partial charge is 0.277 e. The summed E-state index contributed by atoms with van der Waals surface area (Å²) in [6.07, 6.45) is 0. The molecule has 8 heteroatoms. The Morgan fingerprint density at radius 2 is 1.89 bits per heavy atom. The SMILES string of the molecule is O=S(=O)(Nc1cccc(Cl)c1Cl)c1ccc(Br)s1. The van der Waals surface area contributed by atoms with Gasteiger partial charge in [-0.2, -0.15) is 0 Å². The number of benzene rings is 1. The van der Waals surface area contributed by atoms with Crippen LogP contribution in [0, 0.1) is 0 Å². The molecule has 0 aliphatic carbocycles. The number of anilines is 1. The molecule has 0 atom stereocenters. The Morgan fingerprint density at radius 1 is 1.17 bits per heavy atom. The Balaban J connectivity index is 2.37. The molecule has 0 spiro atoms. The summed E-state index contributed by atoms with van der Waals surface area (Å²) < 4.78 is 27.4. The Morgan fingerprint density at radius 3 is 2.50 bits per heavy atom. The maximum absolute atomic E-state index is 12.1. The third-order valence-corrected chi connectivity index (χ3v) is 6.31. The van der Waals surface area contributed by atoms with E-state index in [9.17, 15) is 8.42 Å². The number of rotatable bonds is 3. The molecule has 0 saturated carbocycles. The van der Waals surface area contributed by atoms with Crippen molar-refractivity contribution in [2.75, 3.05) is 4.72 Å². The van der Waals surface area contributed by atoms with Crippen LogP contribution in [0.2, 0.25) is 10.0 Å². The van der Waals surface area contributed by atoms with Crippen LogP contribution in [-0.2, 0) is 10.0 Å². The molecule has 0 unspecified atom stereocenters. The van der Waals surface area contributed by atoms with Gasteiger partial charge in [0.1, 0.15) is 4.21 Å². The van der Waals surface area contributed by atoms with E-state index < -0.39 is 10.0 Å². The minimum Gasteiger partial charge on any atom is -0.277 e. The van der Waals surface area contributed by atoms with Crippen molar-refractivity contribution in [2.45, 2.75) is 4.21 Å². The van der Waals surface area contributed by atoms with Crippen molar-refractivity contribution in [3.05, 3.63) is 44.2 Å². The lowest BCUT2D eigenvalue weighted by Crippen LogP contribution is -2.11. The molecule has 1 aromatic carbocycles. The molecule has 1 aromatic heterocycles. The lowest BCUT2D eigenvalue weighted by Gasteiger charge is -2.08. The van der Waals surface area contributed by atoms with Crippen LogP contribution >= 0.6 is 50.5 Å². The molecule has 96 valence electrons. The summed E-state index contributed by atoms with van der Waals surface area (Å²) in [4.78, 5) is 0. The number of thiophene rings is 1. The van der Waals surface area contributed by atoms with E-state index in [0.717, 1.165) is 15.1 Å². The predicted octanol–water partition coefficient (Wildman–Crippen LogP) is 4.62. The zero-order valence-electron chi connectivity index (χ0n) is 8.65. The van der Waals surface area contributed by atoms with E-state index >= 15 is 0 Å². The fourth-order valence-corrected chi connectivity index (χ4v) is 4.71. The van der Waals surface area contributed by atoms with E-state index in [1.54, 1.807) is 24.3 Å². The molecule has 0 amide bonds. The average Bonchev–Trinajstić information content (AvgIpc) is 2.72. The molecule has 0 saturated heterocycles. The highest BCUT2D eigenvalue weighted by molar-refractivity contribution is 9.11. The minimum atomic E-state index is -3.64. The second kappa shape index (κ2) is 5.38.